The first-order valence-corrected chi connectivity index (χ1v) is 26.1. The van der Waals surface area contributed by atoms with Crippen molar-refractivity contribution in [2.45, 2.75) is 232 Å². The quantitative estimate of drug-likeness (QED) is 0.0212. The molecule has 0 aromatic rings. The van der Waals surface area contributed by atoms with E-state index in [1.165, 1.54) is 135 Å². The maximum atomic E-state index is 12.7. The smallest absolute Gasteiger partial charge is 0.462 e. The van der Waals surface area contributed by atoms with Crippen LogP contribution in [0.15, 0.2) is 24.3 Å². The number of hydrogen-bond acceptors (Lipinski definition) is 7. The lowest BCUT2D eigenvalue weighted by Gasteiger charge is -2.24. The van der Waals surface area contributed by atoms with Crippen molar-refractivity contribution in [2.24, 2.45) is 0 Å². The fraction of sp³-hybridized carbons (Fsp3) is 0.878. The summed E-state index contributed by atoms with van der Waals surface area (Å²) in [7, 11) is 1.48. The fourth-order valence-corrected chi connectivity index (χ4v) is 7.63. The van der Waals surface area contributed by atoms with Gasteiger partial charge in [0.05, 0.1) is 27.7 Å². The molecular formula is C49H95NO8P+. The van der Waals surface area contributed by atoms with Crippen molar-refractivity contribution in [1.82, 2.24) is 0 Å². The number of phosphoric ester groups is 1. The number of carbonyl (C=O) groups is 2. The summed E-state index contributed by atoms with van der Waals surface area (Å²) < 4.78 is 34.4. The third-order valence-corrected chi connectivity index (χ3v) is 11.7. The summed E-state index contributed by atoms with van der Waals surface area (Å²) in [6.45, 7) is 4.42. The molecule has 0 rings (SSSR count). The third kappa shape index (κ3) is 45.8. The predicted molar refractivity (Wildman–Crippen MR) is 247 cm³/mol. The van der Waals surface area contributed by atoms with Crippen molar-refractivity contribution in [3.8, 4) is 0 Å². The van der Waals surface area contributed by atoms with Crippen LogP contribution in [0.5, 0.6) is 0 Å². The largest absolute Gasteiger partial charge is 0.472 e. The van der Waals surface area contributed by atoms with E-state index in [-0.39, 0.29) is 32.0 Å². The van der Waals surface area contributed by atoms with Gasteiger partial charge in [-0.15, -0.1) is 0 Å². The molecule has 1 N–H and O–H groups in total. The van der Waals surface area contributed by atoms with Crippen LogP contribution in [-0.4, -0.2) is 74.9 Å². The van der Waals surface area contributed by atoms with Gasteiger partial charge in [-0.05, 0) is 38.5 Å². The van der Waals surface area contributed by atoms with Gasteiger partial charge in [0.2, 0.25) is 0 Å². The van der Waals surface area contributed by atoms with Crippen LogP contribution in [0.2, 0.25) is 0 Å². The Morgan fingerprint density at radius 1 is 0.525 bits per heavy atom. The minimum atomic E-state index is -4.38. The topological polar surface area (TPSA) is 108 Å². The van der Waals surface area contributed by atoms with Gasteiger partial charge in [0, 0.05) is 12.8 Å². The molecule has 59 heavy (non-hydrogen) atoms. The number of nitrogens with zero attached hydrogens (tertiary/aromatic N) is 1. The van der Waals surface area contributed by atoms with Crippen LogP contribution in [0, 0.1) is 0 Å². The molecule has 9 nitrogen and oxygen atoms in total. The highest BCUT2D eigenvalue weighted by atomic mass is 31.2. The molecule has 0 spiro atoms. The van der Waals surface area contributed by atoms with Gasteiger partial charge < -0.3 is 18.9 Å². The number of esters is 2. The standard InChI is InChI=1S/C49H94NO8P/c1-6-8-10-12-14-16-18-20-22-23-24-25-26-28-30-32-34-36-38-40-42-49(52)58-47(46-57-59(53,54)56-44-43-50(3,4)5)45-55-48(51)41-39-37-35-33-31-29-27-21-19-17-15-13-11-9-7-2/h17,19,21,27,47H,6-16,18,20,22-26,28-46H2,1-5H3/p+1/b19-17+,27-21+/t47-/m1/s1. The van der Waals surface area contributed by atoms with E-state index < -0.39 is 26.5 Å². The molecule has 0 aliphatic rings. The average Bonchev–Trinajstić information content (AvgIpc) is 3.19. The Morgan fingerprint density at radius 3 is 1.32 bits per heavy atom. The third-order valence-electron chi connectivity index (χ3n) is 10.8. The number of carbonyl (C=O) groups excluding carboxylic acids is 2. The fourth-order valence-electron chi connectivity index (χ4n) is 6.89. The lowest BCUT2D eigenvalue weighted by atomic mass is 10.0. The van der Waals surface area contributed by atoms with Crippen LogP contribution in [0.25, 0.3) is 0 Å². The van der Waals surface area contributed by atoms with Gasteiger partial charge >= 0.3 is 19.8 Å². The summed E-state index contributed by atoms with van der Waals surface area (Å²) in [6, 6.07) is 0. The van der Waals surface area contributed by atoms with E-state index in [2.05, 4.69) is 38.2 Å². The molecule has 0 saturated heterocycles. The SMILES string of the molecule is CCCCCC/C=C/C=C/CCCCCCCC(=O)OC[C@H](COP(=O)(O)OCC[N+](C)(C)C)OC(=O)CCCCCCCCCCCCCCCCCCCCCC. The molecule has 1 unspecified atom stereocenters. The van der Waals surface area contributed by atoms with Gasteiger partial charge in [-0.2, -0.15) is 0 Å². The number of ether oxygens (including phenoxy) is 2. The van der Waals surface area contributed by atoms with Crippen molar-refractivity contribution in [1.29, 1.82) is 0 Å². The Morgan fingerprint density at radius 2 is 0.898 bits per heavy atom. The number of rotatable bonds is 45. The van der Waals surface area contributed by atoms with Crippen LogP contribution in [-0.2, 0) is 32.7 Å². The van der Waals surface area contributed by atoms with E-state index in [1.54, 1.807) is 0 Å². The number of hydrogen-bond donors (Lipinski definition) is 1. The second-order valence-corrected chi connectivity index (χ2v) is 19.3. The number of likely N-dealkylation sites (N-methyl/N-ethyl adjacent to an activating group) is 1. The molecule has 0 aliphatic heterocycles. The first-order chi connectivity index (χ1) is 28.5. The molecule has 0 aromatic heterocycles. The lowest BCUT2D eigenvalue weighted by molar-refractivity contribution is -0.870. The molecule has 2 atom stereocenters. The van der Waals surface area contributed by atoms with Gasteiger partial charge in [-0.3, -0.25) is 18.6 Å². The Bertz CT molecular complexity index is 1060. The monoisotopic (exact) mass is 857 g/mol. The van der Waals surface area contributed by atoms with Crippen LogP contribution >= 0.6 is 7.82 Å². The molecule has 0 bridgehead atoms. The van der Waals surface area contributed by atoms with Crippen molar-refractivity contribution >= 4 is 19.8 Å². The predicted octanol–water partition coefficient (Wildman–Crippen LogP) is 14.3. The maximum absolute atomic E-state index is 12.7. The van der Waals surface area contributed by atoms with Crippen LogP contribution in [0.4, 0.5) is 0 Å². The molecule has 348 valence electrons. The maximum Gasteiger partial charge on any atom is 0.472 e. The summed E-state index contributed by atoms with van der Waals surface area (Å²) in [5, 5.41) is 0. The zero-order chi connectivity index (χ0) is 43.6. The van der Waals surface area contributed by atoms with Crippen LogP contribution in [0.3, 0.4) is 0 Å². The first-order valence-electron chi connectivity index (χ1n) is 24.6. The molecule has 0 aromatic carbocycles. The second-order valence-electron chi connectivity index (χ2n) is 17.9. The molecule has 0 aliphatic carbocycles. The van der Waals surface area contributed by atoms with Crippen molar-refractivity contribution in [3.05, 3.63) is 24.3 Å². The molecule has 0 heterocycles. The van der Waals surface area contributed by atoms with E-state index in [0.29, 0.717) is 17.4 Å². The highest BCUT2D eigenvalue weighted by Gasteiger charge is 2.27. The van der Waals surface area contributed by atoms with E-state index in [1.807, 2.05) is 21.1 Å². The van der Waals surface area contributed by atoms with Crippen LogP contribution < -0.4 is 0 Å². The Labute approximate surface area is 364 Å². The Hall–Kier alpha value is -1.51. The van der Waals surface area contributed by atoms with Crippen molar-refractivity contribution in [3.63, 3.8) is 0 Å². The minimum absolute atomic E-state index is 0.0312. The highest BCUT2D eigenvalue weighted by Crippen LogP contribution is 2.43. The summed E-state index contributed by atoms with van der Waals surface area (Å²) in [5.74, 6) is -0.806. The number of allylic oxidation sites excluding steroid dienone is 4. The summed E-state index contributed by atoms with van der Waals surface area (Å²) in [5.41, 5.74) is 0. The number of quaternary nitrogens is 1. The van der Waals surface area contributed by atoms with Gasteiger partial charge in [0.25, 0.3) is 0 Å². The summed E-state index contributed by atoms with van der Waals surface area (Å²) in [4.78, 5) is 35.5. The van der Waals surface area contributed by atoms with Crippen molar-refractivity contribution < 1.29 is 42.1 Å². The van der Waals surface area contributed by atoms with Gasteiger partial charge in [0.15, 0.2) is 6.10 Å². The summed E-state index contributed by atoms with van der Waals surface area (Å²) >= 11 is 0. The zero-order valence-corrected chi connectivity index (χ0v) is 40.1. The van der Waals surface area contributed by atoms with E-state index in [0.717, 1.165) is 57.8 Å². The van der Waals surface area contributed by atoms with E-state index >= 15 is 0 Å². The molecular weight excluding hydrogens is 762 g/mol. The molecule has 0 saturated carbocycles. The highest BCUT2D eigenvalue weighted by molar-refractivity contribution is 7.47. The average molecular weight is 857 g/mol. The number of phosphoric acid groups is 1. The lowest BCUT2D eigenvalue weighted by Crippen LogP contribution is -2.37. The molecule has 10 heteroatoms. The minimum Gasteiger partial charge on any atom is -0.462 e. The zero-order valence-electron chi connectivity index (χ0n) is 39.2. The number of unbranched alkanes of at least 4 members (excludes halogenated alkanes) is 28. The van der Waals surface area contributed by atoms with E-state index in [4.69, 9.17) is 18.5 Å². The second kappa shape index (κ2) is 41.8. The molecule has 0 fully saturated rings. The summed E-state index contributed by atoms with van der Waals surface area (Å²) in [6.07, 6.45) is 46.5. The van der Waals surface area contributed by atoms with E-state index in [9.17, 15) is 19.0 Å². The van der Waals surface area contributed by atoms with Crippen LogP contribution in [0.1, 0.15) is 226 Å². The Balaban J connectivity index is 4.26. The molecule has 0 radical (unpaired) electrons. The normalized spacial score (nSPS) is 13.7. The van der Waals surface area contributed by atoms with Gasteiger partial charge in [-0.25, -0.2) is 4.57 Å². The Kier molecular flexibility index (Phi) is 40.8. The van der Waals surface area contributed by atoms with Crippen molar-refractivity contribution in [2.75, 3.05) is 47.5 Å². The molecule has 0 amide bonds. The van der Waals surface area contributed by atoms with Gasteiger partial charge in [-0.1, -0.05) is 199 Å². The first kappa shape index (κ1) is 57.5. The van der Waals surface area contributed by atoms with Gasteiger partial charge in [0.1, 0.15) is 19.8 Å².